The molecule has 1 atom stereocenters. The van der Waals surface area contributed by atoms with E-state index in [-0.39, 0.29) is 23.5 Å². The molecule has 2 saturated carbocycles. The fourth-order valence-corrected chi connectivity index (χ4v) is 5.74. The maximum absolute atomic E-state index is 12.8. The summed E-state index contributed by atoms with van der Waals surface area (Å²) in [6.45, 7) is 2.24. The second-order valence-electron chi connectivity index (χ2n) is 10.4. The molecule has 1 spiro atoms. The molecule has 6 nitrogen and oxygen atoms in total. The average Bonchev–Trinajstić information content (AvgIpc) is 3.63. The second kappa shape index (κ2) is 9.32. The smallest absolute Gasteiger partial charge is 0.317 e. The van der Waals surface area contributed by atoms with Crippen molar-refractivity contribution in [2.75, 3.05) is 19.6 Å². The van der Waals surface area contributed by atoms with Crippen molar-refractivity contribution in [2.24, 2.45) is 5.92 Å². The first kappa shape index (κ1) is 21.6. The first-order valence-electron chi connectivity index (χ1n) is 12.7. The highest BCUT2D eigenvalue weighted by atomic mass is 16.5. The van der Waals surface area contributed by atoms with Gasteiger partial charge >= 0.3 is 6.03 Å². The standard InChI is InChI=1S/C26H37N3O3/c30-24(27-18-19-10-11-19)16-20-17-26(32-23-9-5-4-8-22(20)23)12-14-29(15-13-26)25(31)28-21-6-2-1-3-7-21/h4-5,8-9,19-21H,1-3,6-7,10-18H2,(H,27,30)(H,28,31). The Morgan fingerprint density at radius 3 is 2.53 bits per heavy atom. The lowest BCUT2D eigenvalue weighted by Gasteiger charge is -2.47. The Hall–Kier alpha value is -2.24. The van der Waals surface area contributed by atoms with Gasteiger partial charge in [0.15, 0.2) is 0 Å². The minimum absolute atomic E-state index is 0.0824. The van der Waals surface area contributed by atoms with Gasteiger partial charge in [-0.2, -0.15) is 0 Å². The van der Waals surface area contributed by atoms with E-state index in [1.807, 2.05) is 23.1 Å². The van der Waals surface area contributed by atoms with Crippen molar-refractivity contribution in [2.45, 2.75) is 88.2 Å². The summed E-state index contributed by atoms with van der Waals surface area (Å²) in [5.74, 6) is 1.93. The molecule has 6 heteroatoms. The molecular formula is C26H37N3O3. The van der Waals surface area contributed by atoms with Crippen molar-refractivity contribution in [1.29, 1.82) is 0 Å². The number of ether oxygens (including phenoxy) is 1. The average molecular weight is 440 g/mol. The van der Waals surface area contributed by atoms with Crippen molar-refractivity contribution in [3.8, 4) is 5.75 Å². The number of nitrogens with one attached hydrogen (secondary N) is 2. The van der Waals surface area contributed by atoms with Crippen LogP contribution >= 0.6 is 0 Å². The van der Waals surface area contributed by atoms with Gasteiger partial charge in [0.1, 0.15) is 11.4 Å². The number of hydrogen-bond donors (Lipinski definition) is 2. The van der Waals surface area contributed by atoms with Crippen LogP contribution in [0.1, 0.15) is 82.1 Å². The summed E-state index contributed by atoms with van der Waals surface area (Å²) >= 11 is 0. The van der Waals surface area contributed by atoms with Crippen molar-refractivity contribution >= 4 is 11.9 Å². The number of fused-ring (bicyclic) bond motifs is 1. The van der Waals surface area contributed by atoms with E-state index in [4.69, 9.17) is 4.74 Å². The number of carbonyl (C=O) groups excluding carboxylic acids is 2. The number of hydrogen-bond acceptors (Lipinski definition) is 3. The van der Waals surface area contributed by atoms with Crippen LogP contribution in [0, 0.1) is 5.92 Å². The quantitative estimate of drug-likeness (QED) is 0.717. The molecule has 4 aliphatic rings. The number of amides is 3. The van der Waals surface area contributed by atoms with Gasteiger partial charge in [-0.25, -0.2) is 4.79 Å². The molecule has 3 amide bonds. The minimum atomic E-state index is -0.280. The van der Waals surface area contributed by atoms with Gasteiger partial charge in [0.05, 0.1) is 0 Å². The predicted molar refractivity (Wildman–Crippen MR) is 124 cm³/mol. The van der Waals surface area contributed by atoms with Gasteiger partial charge in [-0.05, 0) is 49.7 Å². The van der Waals surface area contributed by atoms with Crippen LogP contribution in [0.25, 0.3) is 0 Å². The summed E-state index contributed by atoms with van der Waals surface area (Å²) in [6.07, 6.45) is 11.4. The highest BCUT2D eigenvalue weighted by Gasteiger charge is 2.44. The summed E-state index contributed by atoms with van der Waals surface area (Å²) in [7, 11) is 0. The van der Waals surface area contributed by atoms with Crippen LogP contribution in [0.15, 0.2) is 24.3 Å². The molecule has 1 unspecified atom stereocenters. The summed E-state index contributed by atoms with van der Waals surface area (Å²) in [5, 5.41) is 6.39. The van der Waals surface area contributed by atoms with Gasteiger partial charge in [0, 0.05) is 50.9 Å². The predicted octanol–water partition coefficient (Wildman–Crippen LogP) is 4.35. The third-order valence-corrected chi connectivity index (χ3v) is 7.91. The van der Waals surface area contributed by atoms with Crippen LogP contribution in [0.2, 0.25) is 0 Å². The van der Waals surface area contributed by atoms with Gasteiger partial charge in [0.25, 0.3) is 0 Å². The molecular weight excluding hydrogens is 402 g/mol. The van der Waals surface area contributed by atoms with Crippen molar-refractivity contribution in [3.63, 3.8) is 0 Å². The summed E-state index contributed by atoms with van der Waals surface area (Å²) in [6, 6.07) is 8.60. The minimum Gasteiger partial charge on any atom is -0.487 e. The monoisotopic (exact) mass is 439 g/mol. The Morgan fingerprint density at radius 1 is 1.03 bits per heavy atom. The Morgan fingerprint density at radius 2 is 1.78 bits per heavy atom. The van der Waals surface area contributed by atoms with E-state index >= 15 is 0 Å². The largest absolute Gasteiger partial charge is 0.487 e. The van der Waals surface area contributed by atoms with Crippen molar-refractivity contribution in [1.82, 2.24) is 15.5 Å². The number of benzene rings is 1. The SMILES string of the molecule is O=C(CC1CC2(CCN(C(=O)NC3CCCCC3)CC2)Oc2ccccc21)NCC1CC1. The number of likely N-dealkylation sites (tertiary alicyclic amines) is 1. The van der Waals surface area contributed by atoms with Crippen LogP contribution in [0.4, 0.5) is 4.79 Å². The molecule has 32 heavy (non-hydrogen) atoms. The van der Waals surface area contributed by atoms with E-state index < -0.39 is 0 Å². The lowest BCUT2D eigenvalue weighted by Crippen LogP contribution is -2.55. The van der Waals surface area contributed by atoms with Crippen LogP contribution in [-0.4, -0.2) is 48.1 Å². The van der Waals surface area contributed by atoms with Crippen LogP contribution in [-0.2, 0) is 4.79 Å². The van der Waals surface area contributed by atoms with E-state index in [1.54, 1.807) is 0 Å². The van der Waals surface area contributed by atoms with Crippen molar-refractivity contribution in [3.05, 3.63) is 29.8 Å². The summed E-state index contributed by atoms with van der Waals surface area (Å²) in [4.78, 5) is 27.4. The first-order valence-corrected chi connectivity index (χ1v) is 12.7. The molecule has 1 aromatic rings. The summed E-state index contributed by atoms with van der Waals surface area (Å²) in [5.41, 5.74) is 0.870. The van der Waals surface area contributed by atoms with Crippen LogP contribution in [0.3, 0.4) is 0 Å². The van der Waals surface area contributed by atoms with E-state index in [1.165, 1.54) is 32.1 Å². The normalized spacial score (nSPS) is 25.0. The lowest BCUT2D eigenvalue weighted by atomic mass is 9.76. The second-order valence-corrected chi connectivity index (χ2v) is 10.4. The van der Waals surface area contributed by atoms with Crippen LogP contribution < -0.4 is 15.4 Å². The highest BCUT2D eigenvalue weighted by Crippen LogP contribution is 2.46. The Balaban J connectivity index is 1.20. The Kier molecular flexibility index (Phi) is 6.29. The number of rotatable bonds is 5. The first-order chi connectivity index (χ1) is 15.6. The maximum Gasteiger partial charge on any atom is 0.317 e. The lowest BCUT2D eigenvalue weighted by molar-refractivity contribution is -0.122. The van der Waals surface area contributed by atoms with E-state index in [9.17, 15) is 9.59 Å². The van der Waals surface area contributed by atoms with E-state index in [0.717, 1.165) is 50.0 Å². The molecule has 3 fully saturated rings. The maximum atomic E-state index is 12.8. The number of urea groups is 1. The fraction of sp³-hybridized carbons (Fsp3) is 0.692. The fourth-order valence-electron chi connectivity index (χ4n) is 5.74. The van der Waals surface area contributed by atoms with Gasteiger partial charge < -0.3 is 20.3 Å². The molecule has 1 saturated heterocycles. The zero-order chi connectivity index (χ0) is 22.0. The van der Waals surface area contributed by atoms with Gasteiger partial charge in [-0.3, -0.25) is 4.79 Å². The zero-order valence-electron chi connectivity index (χ0n) is 19.1. The topological polar surface area (TPSA) is 70.7 Å². The molecule has 2 N–H and O–H groups in total. The van der Waals surface area contributed by atoms with Gasteiger partial charge in [-0.15, -0.1) is 0 Å². The third kappa shape index (κ3) is 5.05. The molecule has 174 valence electrons. The number of para-hydroxylation sites is 1. The number of piperidine rings is 1. The molecule has 0 radical (unpaired) electrons. The number of carbonyl (C=O) groups is 2. The molecule has 2 aliphatic carbocycles. The molecule has 0 bridgehead atoms. The van der Waals surface area contributed by atoms with E-state index in [2.05, 4.69) is 16.7 Å². The molecule has 2 heterocycles. The Labute approximate surface area is 191 Å². The Bertz CT molecular complexity index is 823. The van der Waals surface area contributed by atoms with Gasteiger partial charge in [-0.1, -0.05) is 37.5 Å². The number of nitrogens with zero attached hydrogens (tertiary/aromatic N) is 1. The summed E-state index contributed by atoms with van der Waals surface area (Å²) < 4.78 is 6.57. The van der Waals surface area contributed by atoms with Crippen molar-refractivity contribution < 1.29 is 14.3 Å². The molecule has 5 rings (SSSR count). The zero-order valence-corrected chi connectivity index (χ0v) is 19.1. The van der Waals surface area contributed by atoms with Gasteiger partial charge in [0.2, 0.25) is 5.91 Å². The molecule has 0 aromatic heterocycles. The molecule has 1 aromatic carbocycles. The van der Waals surface area contributed by atoms with E-state index in [0.29, 0.717) is 31.5 Å². The molecule has 2 aliphatic heterocycles. The third-order valence-electron chi connectivity index (χ3n) is 7.91. The highest BCUT2D eigenvalue weighted by molar-refractivity contribution is 5.77. The van der Waals surface area contributed by atoms with Crippen LogP contribution in [0.5, 0.6) is 5.75 Å².